The van der Waals surface area contributed by atoms with Gasteiger partial charge < -0.3 is 23.7 Å². The Labute approximate surface area is 262 Å². The molecule has 0 aliphatic carbocycles. The number of hydrogen-bond donors (Lipinski definition) is 0. The minimum atomic E-state index is -0.252. The number of anilines is 1. The van der Waals surface area contributed by atoms with Crippen molar-refractivity contribution in [3.63, 3.8) is 0 Å². The summed E-state index contributed by atoms with van der Waals surface area (Å²) in [5.74, 6) is 2.67. The number of amides is 1. The van der Waals surface area contributed by atoms with Crippen molar-refractivity contribution in [2.24, 2.45) is 0 Å². The maximum absolute atomic E-state index is 13.2. The molecule has 2 aromatic heterocycles. The van der Waals surface area contributed by atoms with Crippen molar-refractivity contribution >= 4 is 74.5 Å². The van der Waals surface area contributed by atoms with Crippen LogP contribution in [0.2, 0.25) is 0 Å². The number of fused-ring (bicyclic) bond motifs is 1. The van der Waals surface area contributed by atoms with Crippen LogP contribution >= 0.6 is 41.3 Å². The van der Waals surface area contributed by atoms with Crippen LogP contribution in [0.4, 0.5) is 5.69 Å². The summed E-state index contributed by atoms with van der Waals surface area (Å²) in [6, 6.07) is 11.0. The smallest absolute Gasteiger partial charge is 0.272 e. The fourth-order valence-electron chi connectivity index (χ4n) is 4.54. The summed E-state index contributed by atoms with van der Waals surface area (Å²) >= 11 is 1.98. The van der Waals surface area contributed by atoms with E-state index in [0.717, 1.165) is 54.4 Å². The molecule has 13 heteroatoms. The van der Waals surface area contributed by atoms with Crippen molar-refractivity contribution in [1.82, 2.24) is 14.9 Å². The zero-order valence-corrected chi connectivity index (χ0v) is 27.7. The Kier molecular flexibility index (Phi) is 10.3. The van der Waals surface area contributed by atoms with Gasteiger partial charge in [0.05, 0.1) is 61.5 Å². The maximum atomic E-state index is 13.2. The molecule has 10 nitrogen and oxygen atoms in total. The molecule has 2 atom stereocenters. The molecule has 2 unspecified atom stereocenters. The highest BCUT2D eigenvalue weighted by Crippen LogP contribution is 2.37. The van der Waals surface area contributed by atoms with Crippen LogP contribution in [0.15, 0.2) is 55.0 Å². The van der Waals surface area contributed by atoms with Gasteiger partial charge in [0.15, 0.2) is 11.5 Å². The van der Waals surface area contributed by atoms with E-state index >= 15 is 0 Å². The van der Waals surface area contributed by atoms with Crippen LogP contribution in [0.1, 0.15) is 10.4 Å². The molecule has 1 saturated heterocycles. The predicted molar refractivity (Wildman–Crippen MR) is 178 cm³/mol. The molecular formula is C29H31IN4O6P2. The molecule has 5 rings (SSSR count). The lowest BCUT2D eigenvalue weighted by atomic mass is 10.1. The van der Waals surface area contributed by atoms with Gasteiger partial charge in [-0.2, -0.15) is 0 Å². The van der Waals surface area contributed by atoms with E-state index in [1.807, 2.05) is 53.2 Å². The number of morpholine rings is 1. The third kappa shape index (κ3) is 6.87. The van der Waals surface area contributed by atoms with Gasteiger partial charge in [-0.25, -0.2) is 3.11 Å². The molecule has 2 aromatic carbocycles. The number of aromatic nitrogens is 2. The molecule has 0 saturated carbocycles. The largest absolute Gasteiger partial charge is 0.496 e. The van der Waals surface area contributed by atoms with E-state index in [-0.39, 0.29) is 5.91 Å². The lowest BCUT2D eigenvalue weighted by Crippen LogP contribution is -2.38. The van der Waals surface area contributed by atoms with E-state index in [1.54, 1.807) is 25.6 Å². The van der Waals surface area contributed by atoms with Gasteiger partial charge in [-0.3, -0.25) is 19.7 Å². The second kappa shape index (κ2) is 14.1. The summed E-state index contributed by atoms with van der Waals surface area (Å²) < 4.78 is 30.5. The first-order valence-corrected chi connectivity index (χ1v) is 15.3. The Balaban J connectivity index is 1.37. The van der Waals surface area contributed by atoms with Crippen LogP contribution in [0.5, 0.6) is 28.7 Å². The molecule has 1 aliphatic heterocycles. The number of halogens is 1. The topological polar surface area (TPSA) is 95.5 Å². The third-order valence-corrected chi connectivity index (χ3v) is 8.59. The van der Waals surface area contributed by atoms with Crippen molar-refractivity contribution in [3.8, 4) is 28.7 Å². The normalized spacial score (nSPS) is 13.5. The second-order valence-corrected chi connectivity index (χ2v) is 11.6. The summed E-state index contributed by atoms with van der Waals surface area (Å²) in [7, 11) is 8.53. The Morgan fingerprint density at radius 3 is 2.43 bits per heavy atom. The van der Waals surface area contributed by atoms with Gasteiger partial charge in [0.2, 0.25) is 0 Å². The van der Waals surface area contributed by atoms with E-state index in [4.69, 9.17) is 23.7 Å². The monoisotopic (exact) mass is 720 g/mol. The first-order chi connectivity index (χ1) is 20.4. The van der Waals surface area contributed by atoms with Crippen LogP contribution in [0.3, 0.4) is 0 Å². The fourth-order valence-corrected chi connectivity index (χ4v) is 6.04. The van der Waals surface area contributed by atoms with E-state index in [0.29, 0.717) is 46.6 Å². The van der Waals surface area contributed by atoms with Gasteiger partial charge in [-0.1, -0.05) is 0 Å². The molecule has 1 amide bonds. The van der Waals surface area contributed by atoms with Gasteiger partial charge in [0, 0.05) is 60.3 Å². The Hall–Kier alpha value is -2.82. The molecule has 0 bridgehead atoms. The minimum Gasteiger partial charge on any atom is -0.496 e. The number of ether oxygens (including phenoxy) is 5. The zero-order valence-electron chi connectivity index (χ0n) is 23.2. The maximum Gasteiger partial charge on any atom is 0.272 e. The summed E-state index contributed by atoms with van der Waals surface area (Å²) in [4.78, 5) is 24.2. The molecule has 1 fully saturated rings. The molecule has 0 N–H and O–H groups in total. The molecule has 42 heavy (non-hydrogen) atoms. The van der Waals surface area contributed by atoms with Crippen LogP contribution < -0.4 is 32.7 Å². The number of benzene rings is 2. The van der Waals surface area contributed by atoms with Crippen LogP contribution in [0, 0.1) is 0 Å². The van der Waals surface area contributed by atoms with Gasteiger partial charge in [0.25, 0.3) is 5.91 Å². The average Bonchev–Trinajstić information content (AvgIpc) is 3.02. The number of nitrogens with zero attached hydrogens (tertiary/aromatic N) is 4. The molecule has 0 spiro atoms. The van der Waals surface area contributed by atoms with E-state index in [9.17, 15) is 4.79 Å². The molecule has 0 radical (unpaired) electrons. The summed E-state index contributed by atoms with van der Waals surface area (Å²) in [5, 5.41) is 2.32. The van der Waals surface area contributed by atoms with Crippen molar-refractivity contribution in [1.29, 1.82) is 0 Å². The van der Waals surface area contributed by atoms with Crippen molar-refractivity contribution in [3.05, 3.63) is 60.6 Å². The number of rotatable bonds is 10. The van der Waals surface area contributed by atoms with Gasteiger partial charge >= 0.3 is 0 Å². The highest BCUT2D eigenvalue weighted by Gasteiger charge is 2.22. The number of methoxy groups -OCH3 is 2. The van der Waals surface area contributed by atoms with Gasteiger partial charge in [0.1, 0.15) is 29.4 Å². The third-order valence-electron chi connectivity index (χ3n) is 6.74. The van der Waals surface area contributed by atoms with Crippen molar-refractivity contribution in [2.75, 3.05) is 56.8 Å². The van der Waals surface area contributed by atoms with Crippen LogP contribution in [-0.4, -0.2) is 74.4 Å². The fraction of sp³-hybridized carbons (Fsp3) is 0.276. The lowest BCUT2D eigenvalue weighted by molar-refractivity contribution is 0.0321. The molecule has 1 aliphatic rings. The standard InChI is InChI=1S/C29H31IN4O6P2/c1-36-22-3-5-31-17-20(22)29(35)34(30)18-13-26(41)28(27(42)14-18)40-23-4-6-32-21-16-25(24(37-2)15-19(21)23)39-12-9-33-7-10-38-11-8-33/h3-6,13-17H,7-12,41-42H2,1-2H3. The van der Waals surface area contributed by atoms with Crippen LogP contribution in [-0.2, 0) is 4.74 Å². The Morgan fingerprint density at radius 2 is 1.71 bits per heavy atom. The van der Waals surface area contributed by atoms with Gasteiger partial charge in [-0.05, 0) is 30.3 Å². The minimum absolute atomic E-state index is 0.252. The quantitative estimate of drug-likeness (QED) is 0.136. The summed E-state index contributed by atoms with van der Waals surface area (Å²) in [5.41, 5.74) is 1.76. The number of pyridine rings is 2. The zero-order chi connectivity index (χ0) is 29.6. The Bertz CT molecular complexity index is 1560. The highest BCUT2D eigenvalue weighted by atomic mass is 127. The second-order valence-electron chi connectivity index (χ2n) is 9.35. The SMILES string of the molecule is COc1cc2c(Oc3c(P)cc(N(I)C(=O)c4cnccc4OC)cc3P)ccnc2cc1OCCN1CCOCC1. The predicted octanol–water partition coefficient (Wildman–Crippen LogP) is 4.15. The number of carbonyl (C=O) groups excluding carboxylic acids is 1. The first kappa shape index (κ1) is 30.6. The Morgan fingerprint density at radius 1 is 1.00 bits per heavy atom. The average molecular weight is 720 g/mol. The van der Waals surface area contributed by atoms with E-state index in [1.165, 1.54) is 16.4 Å². The van der Waals surface area contributed by atoms with Crippen molar-refractivity contribution in [2.45, 2.75) is 0 Å². The molecule has 4 aromatic rings. The number of carbonyl (C=O) groups is 1. The lowest BCUT2D eigenvalue weighted by Gasteiger charge is -2.26. The van der Waals surface area contributed by atoms with Crippen LogP contribution in [0.25, 0.3) is 10.9 Å². The summed E-state index contributed by atoms with van der Waals surface area (Å²) in [6.45, 7) is 4.65. The van der Waals surface area contributed by atoms with E-state index < -0.39 is 0 Å². The first-order valence-electron chi connectivity index (χ1n) is 13.1. The van der Waals surface area contributed by atoms with E-state index in [2.05, 4.69) is 33.3 Å². The molecule has 220 valence electrons. The van der Waals surface area contributed by atoms with Crippen molar-refractivity contribution < 1.29 is 28.5 Å². The summed E-state index contributed by atoms with van der Waals surface area (Å²) in [6.07, 6.45) is 4.78. The highest BCUT2D eigenvalue weighted by molar-refractivity contribution is 14.1. The molecular weight excluding hydrogens is 689 g/mol. The van der Waals surface area contributed by atoms with Gasteiger partial charge in [-0.15, -0.1) is 18.5 Å². The number of hydrogen-bond acceptors (Lipinski definition) is 9. The molecule has 3 heterocycles.